The average molecular weight is 496 g/mol. The Morgan fingerprint density at radius 1 is 1.11 bits per heavy atom. The van der Waals surface area contributed by atoms with Crippen LogP contribution < -0.4 is 0 Å². The molecule has 0 radical (unpaired) electrons. The first-order valence-corrected chi connectivity index (χ1v) is 11.1. The number of ketones is 1. The van der Waals surface area contributed by atoms with Gasteiger partial charge in [0.05, 0.1) is 5.56 Å². The van der Waals surface area contributed by atoms with Crippen LogP contribution in [0.3, 0.4) is 0 Å². The second kappa shape index (κ2) is 8.51. The van der Waals surface area contributed by atoms with Crippen molar-refractivity contribution >= 4 is 28.2 Å². The molecule has 2 heterocycles. The molecule has 0 amide bonds. The Bertz CT molecular complexity index is 1530. The summed E-state index contributed by atoms with van der Waals surface area (Å²) in [5.74, 6) is -1.86. The summed E-state index contributed by atoms with van der Waals surface area (Å²) in [6.07, 6.45) is -0.171. The van der Waals surface area contributed by atoms with E-state index >= 15 is 0 Å². The van der Waals surface area contributed by atoms with Crippen molar-refractivity contribution in [1.82, 2.24) is 9.47 Å². The monoisotopic (exact) mass is 496 g/mol. The molecule has 0 unspecified atom stereocenters. The van der Waals surface area contributed by atoms with Gasteiger partial charge in [0.2, 0.25) is 0 Å². The summed E-state index contributed by atoms with van der Waals surface area (Å²) in [5, 5.41) is 9.93. The maximum atomic E-state index is 14.3. The molecule has 1 aliphatic heterocycles. The smallest absolute Gasteiger partial charge is 0.416 e. The molecular formula is C27H20F4N2O3. The maximum Gasteiger partial charge on any atom is 0.416 e. The fourth-order valence-electron chi connectivity index (χ4n) is 5.06. The number of rotatable bonds is 5. The normalized spacial score (nSPS) is 15.6. The standard InChI is InChI=1S/C27H20F4N2O3/c1-15-26(20-10-17(28)6-9-23(20)33(15)14-25(35)36)21-13-32(24-11-18(34)7-8-19(21)24)12-16-4-2-3-5-22(16)27(29,30)31/h2-11H,12-14H2,1H3,(H,35,36). The van der Waals surface area contributed by atoms with E-state index in [1.165, 1.54) is 48.6 Å². The van der Waals surface area contributed by atoms with E-state index in [0.717, 1.165) is 6.07 Å². The summed E-state index contributed by atoms with van der Waals surface area (Å²) in [5.41, 5.74) is 2.83. The molecule has 0 fully saturated rings. The van der Waals surface area contributed by atoms with Crippen LogP contribution >= 0.6 is 0 Å². The third-order valence-corrected chi connectivity index (χ3v) is 6.55. The molecule has 0 spiro atoms. The van der Waals surface area contributed by atoms with Crippen LogP contribution in [0.25, 0.3) is 16.5 Å². The van der Waals surface area contributed by atoms with Gasteiger partial charge in [-0.05, 0) is 54.5 Å². The van der Waals surface area contributed by atoms with Gasteiger partial charge in [-0.2, -0.15) is 13.2 Å². The van der Waals surface area contributed by atoms with Crippen LogP contribution in [0.15, 0.2) is 72.0 Å². The number of carboxylic acids is 1. The SMILES string of the molecule is Cc1c(C2=C3C=CC(=O)C=C3N(Cc3ccccc3C(F)(F)F)C2)c2cc(F)ccc2n1CC(=O)O. The van der Waals surface area contributed by atoms with Gasteiger partial charge in [-0.25, -0.2) is 4.39 Å². The molecule has 5 nitrogen and oxygen atoms in total. The van der Waals surface area contributed by atoms with Crippen LogP contribution in [0.1, 0.15) is 22.4 Å². The molecule has 1 N–H and O–H groups in total. The van der Waals surface area contributed by atoms with Crippen molar-refractivity contribution in [3.63, 3.8) is 0 Å². The highest BCUT2D eigenvalue weighted by Gasteiger charge is 2.36. The van der Waals surface area contributed by atoms with Gasteiger partial charge >= 0.3 is 12.1 Å². The first-order chi connectivity index (χ1) is 17.0. The number of aliphatic carboxylic acids is 1. The second-order valence-electron chi connectivity index (χ2n) is 8.77. The summed E-state index contributed by atoms with van der Waals surface area (Å²) in [4.78, 5) is 25.4. The van der Waals surface area contributed by atoms with Crippen LogP contribution in [0.4, 0.5) is 17.6 Å². The molecular weight excluding hydrogens is 476 g/mol. The average Bonchev–Trinajstić information content (AvgIpc) is 3.27. The highest BCUT2D eigenvalue weighted by Crippen LogP contribution is 2.43. The van der Waals surface area contributed by atoms with Crippen LogP contribution in [-0.2, 0) is 28.9 Å². The van der Waals surface area contributed by atoms with Gasteiger partial charge in [0, 0.05) is 52.6 Å². The largest absolute Gasteiger partial charge is 0.480 e. The Balaban J connectivity index is 1.65. The lowest BCUT2D eigenvalue weighted by Gasteiger charge is -2.24. The van der Waals surface area contributed by atoms with Gasteiger partial charge in [-0.3, -0.25) is 9.59 Å². The van der Waals surface area contributed by atoms with Gasteiger partial charge in [0.1, 0.15) is 12.4 Å². The van der Waals surface area contributed by atoms with Crippen molar-refractivity contribution in [3.05, 3.63) is 100 Å². The molecule has 0 bridgehead atoms. The number of allylic oxidation sites excluding steroid dienone is 3. The van der Waals surface area contributed by atoms with Crippen LogP contribution in [-0.4, -0.2) is 32.9 Å². The zero-order valence-electron chi connectivity index (χ0n) is 19.1. The number of alkyl halides is 3. The Morgan fingerprint density at radius 2 is 1.86 bits per heavy atom. The summed E-state index contributed by atoms with van der Waals surface area (Å²) < 4.78 is 56.8. The molecule has 2 aromatic carbocycles. The number of carbonyl (C=O) groups excluding carboxylic acids is 1. The van der Waals surface area contributed by atoms with Gasteiger partial charge in [-0.1, -0.05) is 18.2 Å². The van der Waals surface area contributed by atoms with Crippen molar-refractivity contribution < 1.29 is 32.3 Å². The molecule has 9 heteroatoms. The van der Waals surface area contributed by atoms with Crippen LogP contribution in [0.5, 0.6) is 0 Å². The lowest BCUT2D eigenvalue weighted by molar-refractivity contribution is -0.139. The van der Waals surface area contributed by atoms with Gasteiger partial charge < -0.3 is 14.6 Å². The molecule has 184 valence electrons. The number of halogens is 4. The highest BCUT2D eigenvalue weighted by atomic mass is 19.4. The summed E-state index contributed by atoms with van der Waals surface area (Å²) >= 11 is 0. The van der Waals surface area contributed by atoms with Crippen molar-refractivity contribution in [1.29, 1.82) is 0 Å². The van der Waals surface area contributed by atoms with Crippen LogP contribution in [0, 0.1) is 12.7 Å². The number of nitrogens with zero attached hydrogens (tertiary/aromatic N) is 2. The highest BCUT2D eigenvalue weighted by molar-refractivity contribution is 6.06. The summed E-state index contributed by atoms with van der Waals surface area (Å²) in [6, 6.07) is 9.37. The van der Waals surface area contributed by atoms with Gasteiger partial charge in [0.25, 0.3) is 0 Å². The van der Waals surface area contributed by atoms with Crippen molar-refractivity contribution in [2.75, 3.05) is 6.54 Å². The quantitative estimate of drug-likeness (QED) is 0.475. The zero-order chi connectivity index (χ0) is 25.8. The number of hydrogen-bond donors (Lipinski definition) is 1. The van der Waals surface area contributed by atoms with Crippen molar-refractivity contribution in [2.45, 2.75) is 26.2 Å². The zero-order valence-corrected chi connectivity index (χ0v) is 19.1. The Hall–Kier alpha value is -4.14. The third-order valence-electron chi connectivity index (χ3n) is 6.55. The predicted octanol–water partition coefficient (Wildman–Crippen LogP) is 5.48. The molecule has 0 atom stereocenters. The van der Waals surface area contributed by atoms with Gasteiger partial charge in [0.15, 0.2) is 5.78 Å². The first kappa shape index (κ1) is 23.6. The molecule has 1 aromatic heterocycles. The molecule has 0 saturated carbocycles. The Labute approximate surface area is 203 Å². The fourth-order valence-corrected chi connectivity index (χ4v) is 5.06. The van der Waals surface area contributed by atoms with Crippen molar-refractivity contribution in [2.24, 2.45) is 0 Å². The van der Waals surface area contributed by atoms with E-state index in [4.69, 9.17) is 0 Å². The van der Waals surface area contributed by atoms with E-state index in [2.05, 4.69) is 0 Å². The molecule has 0 saturated heterocycles. The van der Waals surface area contributed by atoms with E-state index in [-0.39, 0.29) is 31.0 Å². The van der Waals surface area contributed by atoms with E-state index < -0.39 is 23.5 Å². The lowest BCUT2D eigenvalue weighted by atomic mass is 9.96. The third kappa shape index (κ3) is 4.00. The van der Waals surface area contributed by atoms with E-state index in [1.54, 1.807) is 22.5 Å². The van der Waals surface area contributed by atoms with E-state index in [1.807, 2.05) is 0 Å². The van der Waals surface area contributed by atoms with Gasteiger partial charge in [-0.15, -0.1) is 0 Å². The lowest BCUT2D eigenvalue weighted by Crippen LogP contribution is -2.23. The van der Waals surface area contributed by atoms with Crippen molar-refractivity contribution in [3.8, 4) is 0 Å². The minimum Gasteiger partial charge on any atom is -0.480 e. The Kier molecular flexibility index (Phi) is 5.58. The Morgan fingerprint density at radius 3 is 2.58 bits per heavy atom. The van der Waals surface area contributed by atoms with E-state index in [9.17, 15) is 32.3 Å². The summed E-state index contributed by atoms with van der Waals surface area (Å²) in [6.45, 7) is 1.45. The fraction of sp³-hybridized carbons (Fsp3) is 0.185. The number of fused-ring (bicyclic) bond motifs is 2. The first-order valence-electron chi connectivity index (χ1n) is 11.1. The number of aromatic nitrogens is 1. The minimum atomic E-state index is -4.54. The number of carbonyl (C=O) groups is 2. The molecule has 3 aromatic rings. The summed E-state index contributed by atoms with van der Waals surface area (Å²) in [7, 11) is 0. The maximum absolute atomic E-state index is 14.3. The molecule has 1 aliphatic carbocycles. The molecule has 36 heavy (non-hydrogen) atoms. The number of hydrogen-bond acceptors (Lipinski definition) is 3. The van der Waals surface area contributed by atoms with E-state index in [0.29, 0.717) is 39.0 Å². The number of carboxylic acid groups (broad SMARTS) is 1. The predicted molar refractivity (Wildman–Crippen MR) is 125 cm³/mol. The molecule has 5 rings (SSSR count). The minimum absolute atomic E-state index is 0.0598. The number of benzene rings is 2. The molecule has 2 aliphatic rings. The van der Waals surface area contributed by atoms with Crippen LogP contribution in [0.2, 0.25) is 0 Å². The topological polar surface area (TPSA) is 62.5 Å². The second-order valence-corrected chi connectivity index (χ2v) is 8.77.